The molecule has 0 aliphatic heterocycles. The molecule has 6 heteroatoms. The van der Waals surface area contributed by atoms with Crippen molar-refractivity contribution in [3.8, 4) is 11.8 Å². The van der Waals surface area contributed by atoms with Crippen LogP contribution in [0.5, 0.6) is 0 Å². The largest absolute Gasteiger partial charge is 0.317 e. The molecule has 1 heterocycles. The van der Waals surface area contributed by atoms with E-state index in [1.54, 1.807) is 6.21 Å². The zero-order chi connectivity index (χ0) is 22.0. The molecule has 3 aromatic carbocycles. The Bertz CT molecular complexity index is 1370. The molecule has 152 valence electrons. The summed E-state index contributed by atoms with van der Waals surface area (Å²) in [6.07, 6.45) is 1.55. The van der Waals surface area contributed by atoms with Crippen molar-refractivity contribution in [2.24, 2.45) is 5.10 Å². The van der Waals surface area contributed by atoms with Gasteiger partial charge in [0.2, 0.25) is 0 Å². The Hall–Kier alpha value is -4.24. The van der Waals surface area contributed by atoms with Gasteiger partial charge in [0.1, 0.15) is 5.82 Å². The van der Waals surface area contributed by atoms with Crippen molar-refractivity contribution < 1.29 is 9.18 Å². The zero-order valence-corrected chi connectivity index (χ0v) is 17.1. The van der Waals surface area contributed by atoms with Crippen LogP contribution in [0, 0.1) is 31.0 Å². The van der Waals surface area contributed by atoms with Crippen LogP contribution in [0.15, 0.2) is 71.8 Å². The molecule has 4 aromatic rings. The molecule has 0 bridgehead atoms. The number of halogens is 1. The topological polar surface area (TPSA) is 70.2 Å². The molecule has 0 fully saturated rings. The zero-order valence-electron chi connectivity index (χ0n) is 17.1. The Morgan fingerprint density at radius 1 is 1.10 bits per heavy atom. The Morgan fingerprint density at radius 3 is 2.65 bits per heavy atom. The molecule has 31 heavy (non-hydrogen) atoms. The summed E-state index contributed by atoms with van der Waals surface area (Å²) in [5.41, 5.74) is 6.23. The lowest BCUT2D eigenvalue weighted by Crippen LogP contribution is -2.19. The van der Waals surface area contributed by atoms with Crippen molar-refractivity contribution >= 4 is 22.9 Å². The van der Waals surface area contributed by atoms with Crippen LogP contribution < -0.4 is 5.43 Å². The van der Waals surface area contributed by atoms with E-state index < -0.39 is 11.7 Å². The molecule has 0 radical (unpaired) electrons. The van der Waals surface area contributed by atoms with Gasteiger partial charge >= 0.3 is 0 Å². The minimum absolute atomic E-state index is 0.151. The number of nitrogens with one attached hydrogen (secondary N) is 1. The van der Waals surface area contributed by atoms with Crippen LogP contribution in [0.4, 0.5) is 4.39 Å². The number of hydrogen-bond donors (Lipinski definition) is 1. The summed E-state index contributed by atoms with van der Waals surface area (Å²) in [6, 6.07) is 21.9. The number of amides is 1. The summed E-state index contributed by atoms with van der Waals surface area (Å²) in [6.45, 7) is 4.00. The minimum Gasteiger partial charge on any atom is -0.317 e. The van der Waals surface area contributed by atoms with Crippen molar-refractivity contribution in [1.82, 2.24) is 9.99 Å². The van der Waals surface area contributed by atoms with Gasteiger partial charge < -0.3 is 4.57 Å². The number of nitrogens with zero attached hydrogens (tertiary/aromatic N) is 3. The fourth-order valence-electron chi connectivity index (χ4n) is 3.68. The molecule has 0 spiro atoms. The molecule has 1 N–H and O–H groups in total. The van der Waals surface area contributed by atoms with Crippen LogP contribution in [0.2, 0.25) is 0 Å². The van der Waals surface area contributed by atoms with E-state index in [0.717, 1.165) is 39.5 Å². The summed E-state index contributed by atoms with van der Waals surface area (Å²) in [5.74, 6) is -1.44. The average molecular weight is 410 g/mol. The fourth-order valence-corrected chi connectivity index (χ4v) is 3.68. The number of nitriles is 1. The van der Waals surface area contributed by atoms with Gasteiger partial charge in [-0.05, 0) is 49.6 Å². The maximum absolute atomic E-state index is 14.0. The predicted molar refractivity (Wildman–Crippen MR) is 119 cm³/mol. The smallest absolute Gasteiger partial charge is 0.274 e. The molecule has 0 aliphatic carbocycles. The van der Waals surface area contributed by atoms with Gasteiger partial charge in [-0.1, -0.05) is 36.4 Å². The highest BCUT2D eigenvalue weighted by atomic mass is 19.1. The van der Waals surface area contributed by atoms with Gasteiger partial charge in [-0.3, -0.25) is 4.79 Å². The van der Waals surface area contributed by atoms with Gasteiger partial charge in [-0.15, -0.1) is 0 Å². The van der Waals surface area contributed by atoms with Gasteiger partial charge in [-0.25, -0.2) is 9.82 Å². The van der Waals surface area contributed by atoms with Crippen LogP contribution in [0.3, 0.4) is 0 Å². The van der Waals surface area contributed by atoms with Gasteiger partial charge in [0.25, 0.3) is 5.91 Å². The van der Waals surface area contributed by atoms with Crippen LogP contribution in [0.1, 0.15) is 32.9 Å². The number of hydrogen-bond acceptors (Lipinski definition) is 3. The number of hydrazone groups is 1. The quantitative estimate of drug-likeness (QED) is 0.379. The van der Waals surface area contributed by atoms with Gasteiger partial charge in [0, 0.05) is 22.3 Å². The summed E-state index contributed by atoms with van der Waals surface area (Å²) in [5, 5.41) is 15.1. The van der Waals surface area contributed by atoms with Crippen molar-refractivity contribution in [2.75, 3.05) is 0 Å². The first-order valence-electron chi connectivity index (χ1n) is 9.69. The second-order valence-corrected chi connectivity index (χ2v) is 7.17. The molecule has 0 saturated heterocycles. The second-order valence-electron chi connectivity index (χ2n) is 7.17. The predicted octanol–water partition coefficient (Wildman–Crippen LogP) is 5.02. The van der Waals surface area contributed by atoms with E-state index in [1.807, 2.05) is 44.2 Å². The Balaban J connectivity index is 1.60. The number of carbonyl (C=O) groups is 1. The molecule has 1 amide bonds. The van der Waals surface area contributed by atoms with E-state index in [9.17, 15) is 9.18 Å². The molecule has 0 unspecified atom stereocenters. The molecule has 5 nitrogen and oxygen atoms in total. The molecule has 0 aliphatic rings. The van der Waals surface area contributed by atoms with E-state index in [4.69, 9.17) is 5.26 Å². The third kappa shape index (κ3) is 3.81. The van der Waals surface area contributed by atoms with Crippen molar-refractivity contribution in [3.63, 3.8) is 0 Å². The number of aromatic nitrogens is 1. The van der Waals surface area contributed by atoms with Gasteiger partial charge in [0.05, 0.1) is 29.1 Å². The van der Waals surface area contributed by atoms with E-state index >= 15 is 0 Å². The maximum Gasteiger partial charge on any atom is 0.274 e. The highest BCUT2D eigenvalue weighted by Crippen LogP contribution is 2.26. The van der Waals surface area contributed by atoms with Crippen LogP contribution in [-0.2, 0) is 0 Å². The summed E-state index contributed by atoms with van der Waals surface area (Å²) >= 11 is 0. The lowest BCUT2D eigenvalue weighted by atomic mass is 10.1. The number of aryl methyl sites for hydroxylation is 1. The first-order valence-corrected chi connectivity index (χ1v) is 9.69. The van der Waals surface area contributed by atoms with Crippen molar-refractivity contribution in [1.29, 1.82) is 5.26 Å². The Labute approximate surface area is 179 Å². The van der Waals surface area contributed by atoms with Crippen LogP contribution >= 0.6 is 0 Å². The van der Waals surface area contributed by atoms with Crippen molar-refractivity contribution in [2.45, 2.75) is 13.8 Å². The molecular formula is C25H19FN4O. The first kappa shape index (κ1) is 20.0. The van der Waals surface area contributed by atoms with Crippen LogP contribution in [0.25, 0.3) is 16.5 Å². The first-order chi connectivity index (χ1) is 15.0. The fraction of sp³-hybridized carbons (Fsp3) is 0.0800. The van der Waals surface area contributed by atoms with Crippen LogP contribution in [-0.4, -0.2) is 16.7 Å². The highest BCUT2D eigenvalue weighted by Gasteiger charge is 2.13. The highest BCUT2D eigenvalue weighted by molar-refractivity contribution is 5.95. The van der Waals surface area contributed by atoms with Gasteiger partial charge in [-0.2, -0.15) is 10.4 Å². The third-order valence-electron chi connectivity index (χ3n) is 5.19. The second kappa shape index (κ2) is 8.25. The summed E-state index contributed by atoms with van der Waals surface area (Å²) < 4.78 is 16.2. The molecule has 0 atom stereocenters. The molecular weight excluding hydrogens is 391 g/mol. The minimum atomic E-state index is -0.763. The van der Waals surface area contributed by atoms with E-state index in [1.165, 1.54) is 12.1 Å². The van der Waals surface area contributed by atoms with E-state index in [2.05, 4.69) is 39.4 Å². The molecule has 1 aromatic heterocycles. The van der Waals surface area contributed by atoms with E-state index in [0.29, 0.717) is 0 Å². The number of carbonyl (C=O) groups excluding carboxylic acids is 1. The Morgan fingerprint density at radius 2 is 1.87 bits per heavy atom. The monoisotopic (exact) mass is 410 g/mol. The normalized spacial score (nSPS) is 11.0. The standard InChI is InChI=1S/C25H19FN4O/c1-16-12-20(15-28-29-25(31)22-11-10-18(14-27)13-23(22)26)17(2)30(16)24-9-5-7-19-6-3-4-8-21(19)24/h3-13,15H,1-2H3,(H,29,31)/b28-15+. The maximum atomic E-state index is 14.0. The molecule has 0 saturated carbocycles. The molecule has 4 rings (SSSR count). The number of rotatable bonds is 4. The van der Waals surface area contributed by atoms with Gasteiger partial charge in [0.15, 0.2) is 0 Å². The number of fused-ring (bicyclic) bond motifs is 1. The Kier molecular flexibility index (Phi) is 5.33. The summed E-state index contributed by atoms with van der Waals surface area (Å²) in [4.78, 5) is 12.2. The van der Waals surface area contributed by atoms with E-state index in [-0.39, 0.29) is 11.1 Å². The summed E-state index contributed by atoms with van der Waals surface area (Å²) in [7, 11) is 0. The number of benzene rings is 3. The van der Waals surface area contributed by atoms with Crippen molar-refractivity contribution in [3.05, 3.63) is 101 Å². The lowest BCUT2D eigenvalue weighted by Gasteiger charge is -2.13. The SMILES string of the molecule is Cc1cc(/C=N/NC(=O)c2ccc(C#N)cc2F)c(C)n1-c1cccc2ccccc12. The lowest BCUT2D eigenvalue weighted by molar-refractivity contribution is 0.0951. The third-order valence-corrected chi connectivity index (χ3v) is 5.19. The average Bonchev–Trinajstić information content (AvgIpc) is 3.06.